The smallest absolute Gasteiger partial charge is 0.385 e. The lowest BCUT2D eigenvalue weighted by atomic mass is 10.1. The minimum absolute atomic E-state index is 0.0540. The van der Waals surface area contributed by atoms with Crippen LogP contribution in [-0.2, 0) is 18.6 Å². The van der Waals surface area contributed by atoms with Gasteiger partial charge in [-0.2, -0.15) is 0 Å². The summed E-state index contributed by atoms with van der Waals surface area (Å²) in [5, 5.41) is 20.3. The molecule has 1 aliphatic rings. The normalized spacial score (nSPS) is 30.6. The fourth-order valence-corrected chi connectivity index (χ4v) is 2.66. The van der Waals surface area contributed by atoms with Crippen molar-refractivity contribution in [3.05, 3.63) is 33.1 Å². The molecule has 13 heteroatoms. The average Bonchev–Trinajstić information content (AvgIpc) is 2.71. The molecule has 1 aromatic rings. The molecule has 0 bridgehead atoms. The predicted molar refractivity (Wildman–Crippen MR) is 75.8 cm³/mol. The number of aliphatic hydroxyl groups is 2. The van der Waals surface area contributed by atoms with Crippen LogP contribution in [0.2, 0.25) is 0 Å². The van der Waals surface area contributed by atoms with Crippen LogP contribution in [0, 0.1) is 0 Å². The highest BCUT2D eigenvalue weighted by Crippen LogP contribution is 2.43. The Morgan fingerprint density at radius 2 is 2.08 bits per heavy atom. The van der Waals surface area contributed by atoms with Gasteiger partial charge in [0.05, 0.1) is 0 Å². The highest BCUT2D eigenvalue weighted by atomic mass is 31.2. The van der Waals surface area contributed by atoms with E-state index in [1.807, 2.05) is 4.98 Å². The Morgan fingerprint density at radius 1 is 1.42 bits per heavy atom. The van der Waals surface area contributed by atoms with Gasteiger partial charge in [0, 0.05) is 18.9 Å². The number of H-pyrrole nitrogens is 1. The topological polar surface area (TPSA) is 181 Å². The van der Waals surface area contributed by atoms with Gasteiger partial charge in [0.1, 0.15) is 18.8 Å². The fourth-order valence-electron chi connectivity index (χ4n) is 2.31. The third-order valence-corrected chi connectivity index (χ3v) is 3.80. The van der Waals surface area contributed by atoms with Crippen molar-refractivity contribution in [2.45, 2.75) is 31.1 Å². The molecule has 5 N–H and O–H groups in total. The van der Waals surface area contributed by atoms with Crippen molar-refractivity contribution in [1.29, 1.82) is 0 Å². The number of nitrogens with one attached hydrogen (secondary N) is 1. The second-order valence-corrected chi connectivity index (χ2v) is 6.21. The SMILES string of the molecule is CCO[C@]1(COP(=O)(O)O)O[C@@H](n2ccc(=O)[nH]c2=O)[C@H](O)[C@@H]1O. The Morgan fingerprint density at radius 3 is 2.62 bits per heavy atom. The van der Waals surface area contributed by atoms with Crippen LogP contribution in [0.25, 0.3) is 0 Å². The van der Waals surface area contributed by atoms with Crippen LogP contribution in [-0.4, -0.2) is 60.8 Å². The summed E-state index contributed by atoms with van der Waals surface area (Å²) < 4.78 is 26.6. The first kappa shape index (κ1) is 19.0. The number of hydrogen-bond donors (Lipinski definition) is 5. The lowest BCUT2D eigenvalue weighted by Crippen LogP contribution is -2.49. The zero-order valence-corrected chi connectivity index (χ0v) is 13.3. The van der Waals surface area contributed by atoms with E-state index in [2.05, 4.69) is 4.52 Å². The standard InChI is InChI=1S/C11H17N2O10P/c1-2-21-11(5-22-24(18,19)20)8(16)7(15)9(23-11)13-4-3-6(14)12-10(13)17/h3-4,7-9,15-16H,2,5H2,1H3,(H,12,14,17)(H2,18,19,20)/t7-,8+,9-,11-/m1/s1. The Balaban J connectivity index is 2.36. The highest BCUT2D eigenvalue weighted by molar-refractivity contribution is 7.46. The van der Waals surface area contributed by atoms with E-state index in [0.29, 0.717) is 0 Å². The molecule has 1 fully saturated rings. The van der Waals surface area contributed by atoms with Crippen LogP contribution in [0.4, 0.5) is 0 Å². The molecule has 1 saturated heterocycles. The van der Waals surface area contributed by atoms with E-state index >= 15 is 0 Å². The molecule has 0 aromatic carbocycles. The molecular formula is C11H17N2O10P. The van der Waals surface area contributed by atoms with Crippen molar-refractivity contribution >= 4 is 7.82 Å². The Kier molecular flexibility index (Phi) is 5.42. The van der Waals surface area contributed by atoms with Crippen molar-refractivity contribution in [3.8, 4) is 0 Å². The van der Waals surface area contributed by atoms with Crippen LogP contribution in [0.5, 0.6) is 0 Å². The Hall–Kier alpha value is -1.37. The Labute approximate surface area is 134 Å². The Bertz CT molecular complexity index is 741. The van der Waals surface area contributed by atoms with Crippen LogP contribution in [0.1, 0.15) is 13.2 Å². The molecule has 2 heterocycles. The molecule has 12 nitrogen and oxygen atoms in total. The predicted octanol–water partition coefficient (Wildman–Crippen LogP) is -2.37. The summed E-state index contributed by atoms with van der Waals surface area (Å²) in [5.41, 5.74) is -1.59. The number of hydrogen-bond acceptors (Lipinski definition) is 8. The van der Waals surface area contributed by atoms with E-state index in [9.17, 15) is 24.4 Å². The van der Waals surface area contributed by atoms with Gasteiger partial charge in [0.2, 0.25) is 5.79 Å². The second-order valence-electron chi connectivity index (χ2n) is 4.97. The van der Waals surface area contributed by atoms with Gasteiger partial charge in [-0.15, -0.1) is 0 Å². The van der Waals surface area contributed by atoms with E-state index < -0.39 is 49.9 Å². The molecule has 2 rings (SSSR count). The van der Waals surface area contributed by atoms with Crippen molar-refractivity contribution in [1.82, 2.24) is 9.55 Å². The number of rotatable bonds is 6. The quantitative estimate of drug-likeness (QED) is 0.340. The van der Waals surface area contributed by atoms with Gasteiger partial charge in [0.15, 0.2) is 6.23 Å². The summed E-state index contributed by atoms with van der Waals surface area (Å²) in [4.78, 5) is 42.5. The molecule has 24 heavy (non-hydrogen) atoms. The van der Waals surface area contributed by atoms with Gasteiger partial charge in [-0.05, 0) is 6.92 Å². The van der Waals surface area contributed by atoms with E-state index in [1.54, 1.807) is 0 Å². The molecule has 136 valence electrons. The van der Waals surface area contributed by atoms with E-state index in [-0.39, 0.29) is 6.61 Å². The number of nitrogens with zero attached hydrogens (tertiary/aromatic N) is 1. The van der Waals surface area contributed by atoms with Crippen LogP contribution < -0.4 is 11.2 Å². The maximum absolute atomic E-state index is 11.8. The minimum Gasteiger partial charge on any atom is -0.385 e. The van der Waals surface area contributed by atoms with E-state index in [0.717, 1.165) is 16.8 Å². The van der Waals surface area contributed by atoms with E-state index in [4.69, 9.17) is 19.3 Å². The lowest BCUT2D eigenvalue weighted by Gasteiger charge is -2.31. The molecule has 1 aromatic heterocycles. The van der Waals surface area contributed by atoms with Gasteiger partial charge in [-0.3, -0.25) is 18.9 Å². The molecule has 4 atom stereocenters. The number of aromatic nitrogens is 2. The molecule has 0 saturated carbocycles. The molecule has 0 radical (unpaired) electrons. The lowest BCUT2D eigenvalue weighted by molar-refractivity contribution is -0.277. The van der Waals surface area contributed by atoms with Gasteiger partial charge in [0.25, 0.3) is 5.56 Å². The largest absolute Gasteiger partial charge is 0.469 e. The first-order valence-corrected chi connectivity index (χ1v) is 8.32. The van der Waals surface area contributed by atoms with Crippen molar-refractivity contribution in [2.24, 2.45) is 0 Å². The van der Waals surface area contributed by atoms with Gasteiger partial charge < -0.3 is 29.5 Å². The maximum atomic E-state index is 11.8. The fraction of sp³-hybridized carbons (Fsp3) is 0.636. The average molecular weight is 368 g/mol. The minimum atomic E-state index is -4.91. The van der Waals surface area contributed by atoms with Crippen LogP contribution >= 0.6 is 7.82 Å². The molecule has 0 amide bonds. The second kappa shape index (κ2) is 6.86. The van der Waals surface area contributed by atoms with Crippen molar-refractivity contribution in [2.75, 3.05) is 13.2 Å². The monoisotopic (exact) mass is 368 g/mol. The summed E-state index contributed by atoms with van der Waals surface area (Å²) >= 11 is 0. The first-order valence-electron chi connectivity index (χ1n) is 6.79. The van der Waals surface area contributed by atoms with Crippen molar-refractivity contribution in [3.63, 3.8) is 0 Å². The molecular weight excluding hydrogens is 351 g/mol. The number of phosphoric acid groups is 1. The summed E-state index contributed by atoms with van der Waals surface area (Å²) in [7, 11) is -4.91. The maximum Gasteiger partial charge on any atom is 0.469 e. The highest BCUT2D eigenvalue weighted by Gasteiger charge is 2.57. The van der Waals surface area contributed by atoms with Crippen LogP contribution in [0.3, 0.4) is 0 Å². The summed E-state index contributed by atoms with van der Waals surface area (Å²) in [6.45, 7) is 0.556. The van der Waals surface area contributed by atoms with Gasteiger partial charge in [-0.25, -0.2) is 9.36 Å². The zero-order valence-electron chi connectivity index (χ0n) is 12.4. The first-order chi connectivity index (χ1) is 11.1. The molecule has 0 unspecified atom stereocenters. The van der Waals surface area contributed by atoms with Gasteiger partial charge in [-0.1, -0.05) is 0 Å². The van der Waals surface area contributed by atoms with Crippen molar-refractivity contribution < 1.29 is 38.6 Å². The molecule has 0 aliphatic carbocycles. The number of aromatic amines is 1. The van der Waals surface area contributed by atoms with E-state index in [1.165, 1.54) is 6.92 Å². The number of phosphoric ester groups is 1. The molecule has 1 aliphatic heterocycles. The molecule has 0 spiro atoms. The number of aliphatic hydroxyl groups excluding tert-OH is 2. The van der Waals surface area contributed by atoms with Gasteiger partial charge >= 0.3 is 13.5 Å². The summed E-state index contributed by atoms with van der Waals surface area (Å²) in [6.07, 6.45) is -3.92. The number of ether oxygens (including phenoxy) is 2. The summed E-state index contributed by atoms with van der Waals surface area (Å²) in [5.74, 6) is -2.12. The zero-order chi connectivity index (χ0) is 18.1. The van der Waals surface area contributed by atoms with Crippen LogP contribution in [0.15, 0.2) is 21.9 Å². The summed E-state index contributed by atoms with van der Waals surface area (Å²) in [6, 6.07) is 0.997. The third kappa shape index (κ3) is 3.82. The third-order valence-electron chi connectivity index (χ3n) is 3.33.